The first kappa shape index (κ1) is 21.0. The van der Waals surface area contributed by atoms with E-state index in [0.29, 0.717) is 36.2 Å². The first-order valence-electron chi connectivity index (χ1n) is 11.1. The fourth-order valence-electron chi connectivity index (χ4n) is 7.70. The van der Waals surface area contributed by atoms with Gasteiger partial charge in [0, 0.05) is 12.6 Å². The van der Waals surface area contributed by atoms with Crippen molar-refractivity contribution >= 4 is 18.3 Å². The molecule has 1 aromatic rings. The highest BCUT2D eigenvalue weighted by atomic mass is 35.5. The van der Waals surface area contributed by atoms with Crippen LogP contribution in [-0.4, -0.2) is 37.0 Å². The number of likely N-dealkylation sites (tertiary alicyclic amines) is 1. The lowest BCUT2D eigenvalue weighted by Gasteiger charge is -2.62. The van der Waals surface area contributed by atoms with Crippen LogP contribution in [-0.2, 0) is 10.2 Å². The Morgan fingerprint density at radius 1 is 1.14 bits per heavy atom. The number of ether oxygens (including phenoxy) is 1. The van der Waals surface area contributed by atoms with Crippen molar-refractivity contribution in [1.29, 1.82) is 0 Å². The number of rotatable bonds is 4. The van der Waals surface area contributed by atoms with Crippen molar-refractivity contribution in [2.24, 2.45) is 28.9 Å². The summed E-state index contributed by atoms with van der Waals surface area (Å²) >= 11 is 0. The van der Waals surface area contributed by atoms with Crippen molar-refractivity contribution in [1.82, 2.24) is 4.90 Å². The summed E-state index contributed by atoms with van der Waals surface area (Å²) in [6.07, 6.45) is 8.16. The molecule has 5 heteroatoms. The second-order valence-corrected chi connectivity index (χ2v) is 10.4. The highest BCUT2D eigenvalue weighted by molar-refractivity contribution is 5.85. The van der Waals surface area contributed by atoms with Gasteiger partial charge in [-0.3, -0.25) is 4.79 Å². The molecule has 0 radical (unpaired) electrons. The molecule has 2 N–H and O–H groups in total. The Bertz CT molecular complexity index is 751. The van der Waals surface area contributed by atoms with E-state index < -0.39 is 0 Å². The van der Waals surface area contributed by atoms with Crippen LogP contribution in [0.3, 0.4) is 0 Å². The van der Waals surface area contributed by atoms with Gasteiger partial charge in [0.25, 0.3) is 0 Å². The molecule has 4 saturated carbocycles. The number of hydrogen-bond acceptors (Lipinski definition) is 3. The molecule has 5 aliphatic rings. The summed E-state index contributed by atoms with van der Waals surface area (Å²) in [5, 5.41) is 0. The standard InChI is InChI=1S/C24H34N2O2.ClH/c1-16-7-19(13-25)14-26(16)22(27)24-11-17-8-18(12-24)10-23(9-17,15-24)20-3-5-21(28-2)6-4-20;/h3-6,16-19H,7-15,25H2,1-2H3;1H. The Kier molecular flexibility index (Phi) is 5.40. The summed E-state index contributed by atoms with van der Waals surface area (Å²) in [7, 11) is 1.72. The van der Waals surface area contributed by atoms with Gasteiger partial charge in [-0.15, -0.1) is 12.4 Å². The first-order valence-corrected chi connectivity index (χ1v) is 11.1. The number of amides is 1. The number of halogens is 1. The van der Waals surface area contributed by atoms with Crippen LogP contribution in [0.1, 0.15) is 57.4 Å². The van der Waals surface area contributed by atoms with E-state index in [4.69, 9.17) is 10.5 Å². The zero-order valence-corrected chi connectivity index (χ0v) is 18.5. The Labute approximate surface area is 181 Å². The molecule has 160 valence electrons. The number of benzene rings is 1. The van der Waals surface area contributed by atoms with Crippen molar-refractivity contribution in [2.45, 2.75) is 63.3 Å². The maximum atomic E-state index is 13.9. The molecule has 1 amide bonds. The molecule has 0 aromatic heterocycles. The van der Waals surface area contributed by atoms with Crippen molar-refractivity contribution in [3.8, 4) is 5.75 Å². The van der Waals surface area contributed by atoms with Crippen LogP contribution < -0.4 is 10.5 Å². The van der Waals surface area contributed by atoms with E-state index in [1.165, 1.54) is 24.8 Å². The van der Waals surface area contributed by atoms with Crippen LogP contribution in [0.25, 0.3) is 0 Å². The number of nitrogens with zero attached hydrogens (tertiary/aromatic N) is 1. The molecule has 4 bridgehead atoms. The van der Waals surface area contributed by atoms with Crippen LogP contribution >= 0.6 is 12.4 Å². The molecule has 1 saturated heterocycles. The predicted octanol–water partition coefficient (Wildman–Crippen LogP) is 4.15. The van der Waals surface area contributed by atoms with Gasteiger partial charge >= 0.3 is 0 Å². The lowest BCUT2D eigenvalue weighted by atomic mass is 9.42. The van der Waals surface area contributed by atoms with Gasteiger partial charge in [0.05, 0.1) is 12.5 Å². The van der Waals surface area contributed by atoms with E-state index in [1.807, 2.05) is 0 Å². The lowest BCUT2D eigenvalue weighted by molar-refractivity contribution is -0.161. The van der Waals surface area contributed by atoms with Gasteiger partial charge in [0.1, 0.15) is 5.75 Å². The maximum absolute atomic E-state index is 13.9. The zero-order chi connectivity index (χ0) is 19.5. The molecule has 5 fully saturated rings. The quantitative estimate of drug-likeness (QED) is 0.798. The van der Waals surface area contributed by atoms with Gasteiger partial charge in [-0.1, -0.05) is 12.1 Å². The molecule has 1 aliphatic heterocycles. The van der Waals surface area contributed by atoms with Crippen LogP contribution in [0.4, 0.5) is 0 Å². The molecule has 4 unspecified atom stereocenters. The average molecular weight is 419 g/mol. The highest BCUT2D eigenvalue weighted by Crippen LogP contribution is 2.66. The third-order valence-corrected chi connectivity index (χ3v) is 8.47. The number of carbonyl (C=O) groups is 1. The molecule has 1 heterocycles. The van der Waals surface area contributed by atoms with E-state index in [1.54, 1.807) is 7.11 Å². The van der Waals surface area contributed by atoms with E-state index in [0.717, 1.165) is 38.0 Å². The topological polar surface area (TPSA) is 55.6 Å². The van der Waals surface area contributed by atoms with Gasteiger partial charge in [0.2, 0.25) is 5.91 Å². The Morgan fingerprint density at radius 3 is 2.34 bits per heavy atom. The summed E-state index contributed by atoms with van der Waals surface area (Å²) in [4.78, 5) is 16.1. The Balaban J connectivity index is 0.00000205. The van der Waals surface area contributed by atoms with Crippen LogP contribution in [0, 0.1) is 23.2 Å². The molecule has 1 aromatic carbocycles. The summed E-state index contributed by atoms with van der Waals surface area (Å²) in [5.41, 5.74) is 7.41. The van der Waals surface area contributed by atoms with Gasteiger partial charge in [-0.25, -0.2) is 0 Å². The molecular weight excluding hydrogens is 384 g/mol. The van der Waals surface area contributed by atoms with E-state index in [-0.39, 0.29) is 23.2 Å². The maximum Gasteiger partial charge on any atom is 0.229 e. The minimum Gasteiger partial charge on any atom is -0.497 e. The monoisotopic (exact) mass is 418 g/mol. The van der Waals surface area contributed by atoms with Crippen LogP contribution in [0.2, 0.25) is 0 Å². The Hall–Kier alpha value is -1.26. The lowest BCUT2D eigenvalue weighted by Crippen LogP contribution is -2.60. The molecule has 29 heavy (non-hydrogen) atoms. The molecule has 4 atom stereocenters. The van der Waals surface area contributed by atoms with Crippen molar-refractivity contribution in [3.05, 3.63) is 29.8 Å². The summed E-state index contributed by atoms with van der Waals surface area (Å²) in [6.45, 7) is 3.78. The number of nitrogens with two attached hydrogens (primary N) is 1. The molecule has 4 aliphatic carbocycles. The zero-order valence-electron chi connectivity index (χ0n) is 17.7. The largest absolute Gasteiger partial charge is 0.497 e. The van der Waals surface area contributed by atoms with Crippen LogP contribution in [0.5, 0.6) is 5.75 Å². The van der Waals surface area contributed by atoms with Crippen molar-refractivity contribution in [3.63, 3.8) is 0 Å². The average Bonchev–Trinajstić information content (AvgIpc) is 3.07. The molecule has 6 rings (SSSR count). The van der Waals surface area contributed by atoms with E-state index >= 15 is 0 Å². The first-order chi connectivity index (χ1) is 13.5. The normalized spacial score (nSPS) is 40.0. The number of carbonyl (C=O) groups excluding carboxylic acids is 1. The van der Waals surface area contributed by atoms with Gasteiger partial charge in [0.15, 0.2) is 0 Å². The second kappa shape index (κ2) is 7.46. The molecular formula is C24H35ClN2O2. The third-order valence-electron chi connectivity index (χ3n) is 8.47. The summed E-state index contributed by atoms with van der Waals surface area (Å²) in [5.74, 6) is 3.25. The van der Waals surface area contributed by atoms with Crippen molar-refractivity contribution < 1.29 is 9.53 Å². The van der Waals surface area contributed by atoms with Gasteiger partial charge < -0.3 is 15.4 Å². The Morgan fingerprint density at radius 2 is 1.79 bits per heavy atom. The second-order valence-electron chi connectivity index (χ2n) is 10.4. The van der Waals surface area contributed by atoms with Gasteiger partial charge in [-0.2, -0.15) is 0 Å². The minimum absolute atomic E-state index is 0. The van der Waals surface area contributed by atoms with Gasteiger partial charge in [-0.05, 0) is 99.3 Å². The minimum atomic E-state index is -0.137. The fraction of sp³-hybridized carbons (Fsp3) is 0.708. The fourth-order valence-corrected chi connectivity index (χ4v) is 7.70. The van der Waals surface area contributed by atoms with Crippen LogP contribution in [0.15, 0.2) is 24.3 Å². The summed E-state index contributed by atoms with van der Waals surface area (Å²) in [6, 6.07) is 9.04. The van der Waals surface area contributed by atoms with Crippen molar-refractivity contribution in [2.75, 3.05) is 20.2 Å². The van der Waals surface area contributed by atoms with E-state index in [2.05, 4.69) is 36.1 Å². The predicted molar refractivity (Wildman–Crippen MR) is 117 cm³/mol. The highest BCUT2D eigenvalue weighted by Gasteiger charge is 2.62. The summed E-state index contributed by atoms with van der Waals surface area (Å²) < 4.78 is 5.38. The number of hydrogen-bond donors (Lipinski definition) is 1. The molecule has 0 spiro atoms. The van der Waals surface area contributed by atoms with E-state index in [9.17, 15) is 4.79 Å². The third kappa shape index (κ3) is 3.27. The smallest absolute Gasteiger partial charge is 0.229 e. The number of methoxy groups -OCH3 is 1. The SMILES string of the molecule is COc1ccc(C23CC4CC(CC(C(=O)N5CC(CN)CC5C)(C4)C2)C3)cc1.Cl. The molecule has 4 nitrogen and oxygen atoms in total.